The van der Waals surface area contributed by atoms with E-state index >= 15 is 0 Å². The minimum absolute atomic E-state index is 0.131. The van der Waals surface area contributed by atoms with Crippen LogP contribution in [0, 0.1) is 0 Å². The van der Waals surface area contributed by atoms with Gasteiger partial charge in [-0.1, -0.05) is 30.3 Å². The zero-order chi connectivity index (χ0) is 18.1. The van der Waals surface area contributed by atoms with Crippen molar-refractivity contribution in [2.24, 2.45) is 0 Å². The molecule has 2 rings (SSSR count). The summed E-state index contributed by atoms with van der Waals surface area (Å²) in [5.41, 5.74) is 1.17. The fourth-order valence-corrected chi connectivity index (χ4v) is 2.44. The van der Waals surface area contributed by atoms with Crippen molar-refractivity contribution in [2.75, 3.05) is 32.1 Å². The molecule has 0 fully saturated rings. The number of carbonyl (C=O) groups is 1. The Labute approximate surface area is 149 Å². The largest absolute Gasteiger partial charge is 0.493 e. The summed E-state index contributed by atoms with van der Waals surface area (Å²) in [4.78, 5) is 14.3. The number of methoxy groups -OCH3 is 1. The number of amides is 1. The molecule has 0 bridgehead atoms. The molecule has 0 saturated heterocycles. The molecule has 134 valence electrons. The summed E-state index contributed by atoms with van der Waals surface area (Å²) in [6, 6.07) is 17.5. The van der Waals surface area contributed by atoms with Crippen LogP contribution in [0.2, 0.25) is 0 Å². The monoisotopic (exact) mass is 342 g/mol. The topological polar surface area (TPSA) is 50.8 Å². The number of rotatable bonds is 9. The molecule has 0 heterocycles. The van der Waals surface area contributed by atoms with Crippen LogP contribution < -0.4 is 19.7 Å². The second kappa shape index (κ2) is 9.57. The Morgan fingerprint density at radius 1 is 1.08 bits per heavy atom. The molecule has 2 aromatic carbocycles. The van der Waals surface area contributed by atoms with Crippen molar-refractivity contribution in [1.82, 2.24) is 5.32 Å². The number of benzene rings is 2. The molecule has 0 aliphatic carbocycles. The van der Waals surface area contributed by atoms with Gasteiger partial charge in [0.05, 0.1) is 7.11 Å². The maximum atomic E-state index is 12.2. The van der Waals surface area contributed by atoms with E-state index in [-0.39, 0.29) is 5.91 Å². The Balaban J connectivity index is 1.72. The van der Waals surface area contributed by atoms with Crippen molar-refractivity contribution in [3.05, 3.63) is 54.6 Å². The zero-order valence-corrected chi connectivity index (χ0v) is 15.1. The quantitative estimate of drug-likeness (QED) is 0.712. The molecule has 1 N–H and O–H groups in total. The lowest BCUT2D eigenvalue weighted by molar-refractivity contribution is -0.127. The number of nitrogens with one attached hydrogen (secondary N) is 1. The molecule has 1 atom stereocenters. The molecule has 5 heteroatoms. The van der Waals surface area contributed by atoms with E-state index in [9.17, 15) is 4.79 Å². The predicted molar refractivity (Wildman–Crippen MR) is 100 cm³/mol. The first-order valence-electron chi connectivity index (χ1n) is 8.45. The summed E-state index contributed by atoms with van der Waals surface area (Å²) in [6.45, 7) is 3.21. The number of nitrogens with zero attached hydrogens (tertiary/aromatic N) is 1. The Morgan fingerprint density at radius 2 is 1.72 bits per heavy atom. The van der Waals surface area contributed by atoms with Gasteiger partial charge < -0.3 is 19.7 Å². The van der Waals surface area contributed by atoms with Crippen LogP contribution in [0.25, 0.3) is 0 Å². The van der Waals surface area contributed by atoms with Gasteiger partial charge in [-0.05, 0) is 37.6 Å². The maximum Gasteiger partial charge on any atom is 0.260 e. The van der Waals surface area contributed by atoms with Crippen LogP contribution in [0.15, 0.2) is 54.6 Å². The van der Waals surface area contributed by atoms with Crippen molar-refractivity contribution >= 4 is 11.6 Å². The van der Waals surface area contributed by atoms with Crippen LogP contribution in [0.1, 0.15) is 13.3 Å². The molecule has 5 nitrogen and oxygen atoms in total. The minimum atomic E-state index is -0.580. The molecule has 0 saturated carbocycles. The standard InChI is InChI=1S/C20H26N2O3/c1-16(25-19-13-8-7-12-18(19)24-3)20(23)21-14-9-15-22(2)17-10-5-4-6-11-17/h4-8,10-13,16H,9,14-15H2,1-3H3,(H,21,23). The average molecular weight is 342 g/mol. The molecular weight excluding hydrogens is 316 g/mol. The number of hydrogen-bond acceptors (Lipinski definition) is 4. The van der Waals surface area contributed by atoms with Gasteiger partial charge in [-0.25, -0.2) is 0 Å². The van der Waals surface area contributed by atoms with Gasteiger partial charge in [0.2, 0.25) is 0 Å². The first-order chi connectivity index (χ1) is 12.1. The van der Waals surface area contributed by atoms with Crippen LogP contribution in [-0.2, 0) is 4.79 Å². The van der Waals surface area contributed by atoms with Gasteiger partial charge in [-0.3, -0.25) is 4.79 Å². The second-order valence-corrected chi connectivity index (χ2v) is 5.81. The lowest BCUT2D eigenvalue weighted by Crippen LogP contribution is -2.37. The highest BCUT2D eigenvalue weighted by molar-refractivity contribution is 5.80. The van der Waals surface area contributed by atoms with Gasteiger partial charge >= 0.3 is 0 Å². The van der Waals surface area contributed by atoms with Gasteiger partial charge in [-0.2, -0.15) is 0 Å². The van der Waals surface area contributed by atoms with Gasteiger partial charge in [0, 0.05) is 25.8 Å². The van der Waals surface area contributed by atoms with Crippen molar-refractivity contribution in [1.29, 1.82) is 0 Å². The van der Waals surface area contributed by atoms with Gasteiger partial charge in [0.1, 0.15) is 0 Å². The fraction of sp³-hybridized carbons (Fsp3) is 0.350. The van der Waals surface area contributed by atoms with E-state index in [1.54, 1.807) is 26.2 Å². The smallest absolute Gasteiger partial charge is 0.260 e. The third-order valence-electron chi connectivity index (χ3n) is 3.91. The SMILES string of the molecule is COc1ccccc1OC(C)C(=O)NCCCN(C)c1ccccc1. The summed E-state index contributed by atoms with van der Waals surface area (Å²) < 4.78 is 10.9. The summed E-state index contributed by atoms with van der Waals surface area (Å²) in [5.74, 6) is 1.05. The van der Waals surface area contributed by atoms with Crippen LogP contribution in [-0.4, -0.2) is 39.3 Å². The minimum Gasteiger partial charge on any atom is -0.493 e. The Morgan fingerprint density at radius 3 is 2.40 bits per heavy atom. The van der Waals surface area contributed by atoms with E-state index < -0.39 is 6.10 Å². The normalized spacial score (nSPS) is 11.5. The van der Waals surface area contributed by atoms with Crippen molar-refractivity contribution in [3.63, 3.8) is 0 Å². The molecule has 0 aromatic heterocycles. The van der Waals surface area contributed by atoms with Crippen LogP contribution in [0.5, 0.6) is 11.5 Å². The maximum absolute atomic E-state index is 12.2. The van der Waals surface area contributed by atoms with Crippen LogP contribution >= 0.6 is 0 Å². The van der Waals surface area contributed by atoms with Gasteiger partial charge in [-0.15, -0.1) is 0 Å². The molecule has 0 aliphatic heterocycles. The number of ether oxygens (including phenoxy) is 2. The molecule has 0 spiro atoms. The summed E-state index contributed by atoms with van der Waals surface area (Å²) in [5, 5.41) is 2.92. The molecule has 1 amide bonds. The fourth-order valence-electron chi connectivity index (χ4n) is 2.44. The van der Waals surface area contributed by atoms with E-state index in [0.29, 0.717) is 18.0 Å². The Kier molecular flexibility index (Phi) is 7.14. The number of hydrogen-bond donors (Lipinski definition) is 1. The number of para-hydroxylation sites is 3. The van der Waals surface area contributed by atoms with Crippen molar-refractivity contribution < 1.29 is 14.3 Å². The van der Waals surface area contributed by atoms with Crippen LogP contribution in [0.3, 0.4) is 0 Å². The first-order valence-corrected chi connectivity index (χ1v) is 8.45. The summed E-state index contributed by atoms with van der Waals surface area (Å²) >= 11 is 0. The Bertz CT molecular complexity index is 661. The first kappa shape index (κ1) is 18.6. The highest BCUT2D eigenvalue weighted by Crippen LogP contribution is 2.26. The lowest BCUT2D eigenvalue weighted by Gasteiger charge is -2.20. The highest BCUT2D eigenvalue weighted by Gasteiger charge is 2.16. The van der Waals surface area contributed by atoms with Crippen molar-refractivity contribution in [3.8, 4) is 11.5 Å². The molecular formula is C20H26N2O3. The van der Waals surface area contributed by atoms with E-state index in [4.69, 9.17) is 9.47 Å². The second-order valence-electron chi connectivity index (χ2n) is 5.81. The Hall–Kier alpha value is -2.69. The molecule has 0 radical (unpaired) electrons. The molecule has 0 aliphatic rings. The summed E-state index contributed by atoms with van der Waals surface area (Å²) in [7, 11) is 3.63. The number of anilines is 1. The predicted octanol–water partition coefficient (Wildman–Crippen LogP) is 3.11. The van der Waals surface area contributed by atoms with Gasteiger partial charge in [0.25, 0.3) is 5.91 Å². The zero-order valence-electron chi connectivity index (χ0n) is 15.1. The van der Waals surface area contributed by atoms with E-state index in [0.717, 1.165) is 13.0 Å². The molecule has 25 heavy (non-hydrogen) atoms. The third kappa shape index (κ3) is 5.71. The summed E-state index contributed by atoms with van der Waals surface area (Å²) in [6.07, 6.45) is 0.279. The third-order valence-corrected chi connectivity index (χ3v) is 3.91. The average Bonchev–Trinajstić information content (AvgIpc) is 2.65. The van der Waals surface area contributed by atoms with E-state index in [1.165, 1.54) is 5.69 Å². The molecule has 2 aromatic rings. The lowest BCUT2D eigenvalue weighted by atomic mass is 10.2. The van der Waals surface area contributed by atoms with E-state index in [1.807, 2.05) is 37.4 Å². The van der Waals surface area contributed by atoms with Crippen molar-refractivity contribution in [2.45, 2.75) is 19.4 Å². The highest BCUT2D eigenvalue weighted by atomic mass is 16.5. The molecule has 1 unspecified atom stereocenters. The number of carbonyl (C=O) groups excluding carboxylic acids is 1. The van der Waals surface area contributed by atoms with Gasteiger partial charge in [0.15, 0.2) is 17.6 Å². The van der Waals surface area contributed by atoms with E-state index in [2.05, 4.69) is 22.3 Å². The van der Waals surface area contributed by atoms with Crippen LogP contribution in [0.4, 0.5) is 5.69 Å².